The summed E-state index contributed by atoms with van der Waals surface area (Å²) >= 11 is 3.50. The number of carbonyl (C=O) groups excluding carboxylic acids is 1. The molecule has 0 bridgehead atoms. The van der Waals surface area contributed by atoms with Gasteiger partial charge in [-0.15, -0.1) is 0 Å². The molecule has 0 saturated heterocycles. The molecular weight excluding hydrogens is 370 g/mol. The SMILES string of the molecule is Cc1ccc(Nc2ccc(C(=O)NCc3ccco3)cn2)cc1Br. The van der Waals surface area contributed by atoms with E-state index in [1.807, 2.05) is 31.2 Å². The lowest BCUT2D eigenvalue weighted by Gasteiger charge is -2.08. The Labute approximate surface area is 148 Å². The summed E-state index contributed by atoms with van der Waals surface area (Å²) in [5.74, 6) is 1.19. The van der Waals surface area contributed by atoms with Gasteiger partial charge in [0, 0.05) is 16.4 Å². The monoisotopic (exact) mass is 385 g/mol. The standard InChI is InChI=1S/C18H16BrN3O2/c1-12-4-6-14(9-16(12)19)22-17-7-5-13(10-20-17)18(23)21-11-15-3-2-8-24-15/h2-10H,11H2,1H3,(H,20,22)(H,21,23). The summed E-state index contributed by atoms with van der Waals surface area (Å²) in [4.78, 5) is 16.4. The lowest BCUT2D eigenvalue weighted by Crippen LogP contribution is -2.22. The second-order valence-corrected chi connectivity index (χ2v) is 6.14. The van der Waals surface area contributed by atoms with Crippen molar-refractivity contribution in [2.45, 2.75) is 13.5 Å². The molecule has 3 aromatic rings. The lowest BCUT2D eigenvalue weighted by atomic mass is 10.2. The van der Waals surface area contributed by atoms with E-state index in [-0.39, 0.29) is 5.91 Å². The van der Waals surface area contributed by atoms with Crippen molar-refractivity contribution < 1.29 is 9.21 Å². The highest BCUT2D eigenvalue weighted by atomic mass is 79.9. The summed E-state index contributed by atoms with van der Waals surface area (Å²) in [6.45, 7) is 2.38. The molecule has 0 aliphatic carbocycles. The summed E-state index contributed by atoms with van der Waals surface area (Å²) in [5.41, 5.74) is 2.59. The van der Waals surface area contributed by atoms with Crippen LogP contribution in [-0.4, -0.2) is 10.9 Å². The van der Waals surface area contributed by atoms with Crippen LogP contribution in [0.5, 0.6) is 0 Å². The van der Waals surface area contributed by atoms with Gasteiger partial charge in [0.05, 0.1) is 18.4 Å². The van der Waals surface area contributed by atoms with Crippen molar-refractivity contribution in [3.63, 3.8) is 0 Å². The highest BCUT2D eigenvalue weighted by Crippen LogP contribution is 2.22. The van der Waals surface area contributed by atoms with Crippen LogP contribution in [0, 0.1) is 6.92 Å². The van der Waals surface area contributed by atoms with Crippen LogP contribution in [0.25, 0.3) is 0 Å². The van der Waals surface area contributed by atoms with Crippen molar-refractivity contribution in [2.75, 3.05) is 5.32 Å². The van der Waals surface area contributed by atoms with Crippen molar-refractivity contribution in [1.82, 2.24) is 10.3 Å². The van der Waals surface area contributed by atoms with E-state index in [0.29, 0.717) is 23.7 Å². The third kappa shape index (κ3) is 4.02. The van der Waals surface area contributed by atoms with Gasteiger partial charge in [0.2, 0.25) is 0 Å². The highest BCUT2D eigenvalue weighted by Gasteiger charge is 2.07. The number of benzene rings is 1. The Bertz CT molecular complexity index is 830. The van der Waals surface area contributed by atoms with E-state index >= 15 is 0 Å². The zero-order valence-corrected chi connectivity index (χ0v) is 14.6. The van der Waals surface area contributed by atoms with E-state index in [0.717, 1.165) is 15.7 Å². The molecule has 0 aliphatic heterocycles. The molecule has 2 aromatic heterocycles. The Balaban J connectivity index is 1.62. The quantitative estimate of drug-likeness (QED) is 0.681. The van der Waals surface area contributed by atoms with E-state index in [1.54, 1.807) is 30.7 Å². The molecule has 1 amide bonds. The summed E-state index contributed by atoms with van der Waals surface area (Å²) in [6.07, 6.45) is 3.12. The van der Waals surface area contributed by atoms with E-state index in [2.05, 4.69) is 31.5 Å². The number of aryl methyl sites for hydroxylation is 1. The van der Waals surface area contributed by atoms with E-state index in [4.69, 9.17) is 4.42 Å². The fourth-order valence-corrected chi connectivity index (χ4v) is 2.48. The van der Waals surface area contributed by atoms with Crippen molar-refractivity contribution in [2.24, 2.45) is 0 Å². The Morgan fingerprint density at radius 2 is 2.12 bits per heavy atom. The summed E-state index contributed by atoms with van der Waals surface area (Å²) in [6, 6.07) is 13.1. The molecule has 122 valence electrons. The van der Waals surface area contributed by atoms with E-state index in [1.165, 1.54) is 0 Å². The number of halogens is 1. The summed E-state index contributed by atoms with van der Waals surface area (Å²) in [5, 5.41) is 5.99. The maximum atomic E-state index is 12.1. The predicted octanol–water partition coefficient (Wildman–Crippen LogP) is 4.42. The van der Waals surface area contributed by atoms with Gasteiger partial charge in [-0.3, -0.25) is 4.79 Å². The van der Waals surface area contributed by atoms with Gasteiger partial charge < -0.3 is 15.1 Å². The molecule has 24 heavy (non-hydrogen) atoms. The third-order valence-corrected chi connectivity index (χ3v) is 4.33. The number of carbonyl (C=O) groups is 1. The van der Waals surface area contributed by atoms with Crippen LogP contribution in [0.3, 0.4) is 0 Å². The second-order valence-electron chi connectivity index (χ2n) is 5.28. The number of aromatic nitrogens is 1. The molecule has 3 rings (SSSR count). The minimum Gasteiger partial charge on any atom is -0.467 e. The summed E-state index contributed by atoms with van der Waals surface area (Å²) in [7, 11) is 0. The van der Waals surface area contributed by atoms with Gasteiger partial charge in [0.15, 0.2) is 0 Å². The topological polar surface area (TPSA) is 67.2 Å². The highest BCUT2D eigenvalue weighted by molar-refractivity contribution is 9.10. The maximum absolute atomic E-state index is 12.1. The van der Waals surface area contributed by atoms with Crippen molar-refractivity contribution in [3.05, 3.63) is 76.3 Å². The smallest absolute Gasteiger partial charge is 0.253 e. The van der Waals surface area contributed by atoms with Gasteiger partial charge in [-0.05, 0) is 48.9 Å². The Hall–Kier alpha value is -2.60. The van der Waals surface area contributed by atoms with Crippen LogP contribution in [0.2, 0.25) is 0 Å². The van der Waals surface area contributed by atoms with Crippen LogP contribution < -0.4 is 10.6 Å². The zero-order valence-electron chi connectivity index (χ0n) is 13.0. The van der Waals surface area contributed by atoms with Crippen LogP contribution >= 0.6 is 15.9 Å². The van der Waals surface area contributed by atoms with Gasteiger partial charge >= 0.3 is 0 Å². The number of pyridine rings is 1. The van der Waals surface area contributed by atoms with Crippen LogP contribution in [0.15, 0.2) is 63.8 Å². The molecule has 1 aromatic carbocycles. The van der Waals surface area contributed by atoms with Crippen molar-refractivity contribution in [3.8, 4) is 0 Å². The fourth-order valence-electron chi connectivity index (χ4n) is 2.10. The lowest BCUT2D eigenvalue weighted by molar-refractivity contribution is 0.0947. The number of nitrogens with one attached hydrogen (secondary N) is 2. The number of amides is 1. The molecule has 6 heteroatoms. The number of hydrogen-bond acceptors (Lipinski definition) is 4. The van der Waals surface area contributed by atoms with E-state index in [9.17, 15) is 4.79 Å². The number of furan rings is 1. The Morgan fingerprint density at radius 3 is 2.79 bits per heavy atom. The number of anilines is 2. The summed E-state index contributed by atoms with van der Waals surface area (Å²) < 4.78 is 6.21. The number of nitrogens with zero attached hydrogens (tertiary/aromatic N) is 1. The predicted molar refractivity (Wildman–Crippen MR) is 96.3 cm³/mol. The normalized spacial score (nSPS) is 10.4. The Morgan fingerprint density at radius 1 is 1.25 bits per heavy atom. The van der Waals surface area contributed by atoms with Gasteiger partial charge in [0.1, 0.15) is 11.6 Å². The van der Waals surface area contributed by atoms with Crippen LogP contribution in [0.4, 0.5) is 11.5 Å². The van der Waals surface area contributed by atoms with Gasteiger partial charge in [-0.1, -0.05) is 22.0 Å². The van der Waals surface area contributed by atoms with Gasteiger partial charge in [-0.2, -0.15) is 0 Å². The van der Waals surface area contributed by atoms with Crippen LogP contribution in [-0.2, 0) is 6.54 Å². The first kappa shape index (κ1) is 16.3. The molecule has 2 N–H and O–H groups in total. The molecule has 0 unspecified atom stereocenters. The molecule has 0 spiro atoms. The molecule has 0 saturated carbocycles. The minimum atomic E-state index is -0.191. The van der Waals surface area contributed by atoms with Crippen molar-refractivity contribution >= 4 is 33.3 Å². The molecule has 0 radical (unpaired) electrons. The molecule has 0 aliphatic rings. The number of hydrogen-bond donors (Lipinski definition) is 2. The van der Waals surface area contributed by atoms with Gasteiger partial charge in [-0.25, -0.2) is 4.98 Å². The van der Waals surface area contributed by atoms with Crippen molar-refractivity contribution in [1.29, 1.82) is 0 Å². The first-order valence-corrected chi connectivity index (χ1v) is 8.21. The molecule has 0 fully saturated rings. The van der Waals surface area contributed by atoms with Gasteiger partial charge in [0.25, 0.3) is 5.91 Å². The average Bonchev–Trinajstić information content (AvgIpc) is 3.10. The average molecular weight is 386 g/mol. The first-order chi connectivity index (χ1) is 11.6. The van der Waals surface area contributed by atoms with E-state index < -0.39 is 0 Å². The minimum absolute atomic E-state index is 0.191. The first-order valence-electron chi connectivity index (χ1n) is 7.41. The zero-order chi connectivity index (χ0) is 16.9. The van der Waals surface area contributed by atoms with Crippen LogP contribution in [0.1, 0.15) is 21.7 Å². The molecule has 2 heterocycles. The largest absolute Gasteiger partial charge is 0.467 e. The molecular formula is C18H16BrN3O2. The molecule has 5 nitrogen and oxygen atoms in total. The second kappa shape index (κ2) is 7.31. The maximum Gasteiger partial charge on any atom is 0.253 e. The third-order valence-electron chi connectivity index (χ3n) is 3.47. The fraction of sp³-hybridized carbons (Fsp3) is 0.111. The molecule has 0 atom stereocenters. The Kier molecular flexibility index (Phi) is 4.96. The number of rotatable bonds is 5.